The molecule has 0 amide bonds. The summed E-state index contributed by atoms with van der Waals surface area (Å²) < 4.78 is 10.3. The SMILES string of the molecule is CC(O)(CC1CCOCC1)c1ccoc1. The third kappa shape index (κ3) is 2.61. The molecule has 1 aliphatic rings. The van der Waals surface area contributed by atoms with Crippen molar-refractivity contribution in [2.45, 2.75) is 31.8 Å². The van der Waals surface area contributed by atoms with E-state index in [0.717, 1.165) is 38.0 Å². The molecular weight excluding hydrogens is 192 g/mol. The topological polar surface area (TPSA) is 42.6 Å². The Morgan fingerprint density at radius 1 is 1.47 bits per heavy atom. The largest absolute Gasteiger partial charge is 0.472 e. The normalized spacial score (nSPS) is 22.5. The van der Waals surface area contributed by atoms with Crippen LogP contribution in [0, 0.1) is 5.92 Å². The lowest BCUT2D eigenvalue weighted by atomic mass is 9.84. The maximum atomic E-state index is 10.3. The number of aliphatic hydroxyl groups is 1. The van der Waals surface area contributed by atoms with Crippen LogP contribution in [0.4, 0.5) is 0 Å². The molecule has 0 aliphatic carbocycles. The van der Waals surface area contributed by atoms with Crippen LogP contribution >= 0.6 is 0 Å². The van der Waals surface area contributed by atoms with Crippen LogP contribution in [0.3, 0.4) is 0 Å². The van der Waals surface area contributed by atoms with E-state index < -0.39 is 5.60 Å². The van der Waals surface area contributed by atoms with Crippen LogP contribution in [0.2, 0.25) is 0 Å². The van der Waals surface area contributed by atoms with Crippen molar-refractivity contribution in [1.29, 1.82) is 0 Å². The summed E-state index contributed by atoms with van der Waals surface area (Å²) in [7, 11) is 0. The fraction of sp³-hybridized carbons (Fsp3) is 0.667. The molecular formula is C12H18O3. The standard InChI is InChI=1S/C12H18O3/c1-12(13,11-4-7-15-9-11)8-10-2-5-14-6-3-10/h4,7,9-10,13H,2-3,5-6,8H2,1H3. The summed E-state index contributed by atoms with van der Waals surface area (Å²) in [5, 5.41) is 10.3. The van der Waals surface area contributed by atoms with Gasteiger partial charge in [-0.2, -0.15) is 0 Å². The van der Waals surface area contributed by atoms with Crippen molar-refractivity contribution in [3.8, 4) is 0 Å². The van der Waals surface area contributed by atoms with Gasteiger partial charge < -0.3 is 14.3 Å². The first-order valence-electron chi connectivity index (χ1n) is 5.51. The Balaban J connectivity index is 1.97. The van der Waals surface area contributed by atoms with Crippen LogP contribution in [-0.4, -0.2) is 18.3 Å². The highest BCUT2D eigenvalue weighted by Gasteiger charge is 2.29. The molecule has 0 bridgehead atoms. The van der Waals surface area contributed by atoms with E-state index in [2.05, 4.69) is 0 Å². The van der Waals surface area contributed by atoms with Gasteiger partial charge in [0.1, 0.15) is 0 Å². The van der Waals surface area contributed by atoms with Gasteiger partial charge in [-0.1, -0.05) is 0 Å². The second-order valence-electron chi connectivity index (χ2n) is 4.55. The van der Waals surface area contributed by atoms with Gasteiger partial charge in [0.2, 0.25) is 0 Å². The molecule has 1 N–H and O–H groups in total. The first-order chi connectivity index (χ1) is 7.18. The highest BCUT2D eigenvalue weighted by atomic mass is 16.5. The Hall–Kier alpha value is -0.800. The third-order valence-electron chi connectivity index (χ3n) is 3.17. The van der Waals surface area contributed by atoms with Gasteiger partial charge in [0.05, 0.1) is 18.1 Å². The van der Waals surface area contributed by atoms with E-state index in [1.54, 1.807) is 12.5 Å². The van der Waals surface area contributed by atoms with Gasteiger partial charge in [-0.3, -0.25) is 0 Å². The Bertz CT molecular complexity index is 284. The Morgan fingerprint density at radius 2 is 2.20 bits per heavy atom. The monoisotopic (exact) mass is 210 g/mol. The molecule has 1 atom stereocenters. The summed E-state index contributed by atoms with van der Waals surface area (Å²) >= 11 is 0. The maximum absolute atomic E-state index is 10.3. The van der Waals surface area contributed by atoms with E-state index >= 15 is 0 Å². The Morgan fingerprint density at radius 3 is 2.80 bits per heavy atom. The van der Waals surface area contributed by atoms with Crippen molar-refractivity contribution >= 4 is 0 Å². The summed E-state index contributed by atoms with van der Waals surface area (Å²) in [6.45, 7) is 3.51. The molecule has 0 aromatic carbocycles. The van der Waals surface area contributed by atoms with Crippen LogP contribution in [0.5, 0.6) is 0 Å². The number of rotatable bonds is 3. The fourth-order valence-electron chi connectivity index (χ4n) is 2.20. The van der Waals surface area contributed by atoms with Gasteiger partial charge >= 0.3 is 0 Å². The number of furan rings is 1. The Kier molecular flexibility index (Phi) is 3.12. The predicted octanol–water partition coefficient (Wildman–Crippen LogP) is 2.30. The third-order valence-corrected chi connectivity index (χ3v) is 3.17. The minimum atomic E-state index is -0.769. The zero-order valence-electron chi connectivity index (χ0n) is 9.11. The highest BCUT2D eigenvalue weighted by Crippen LogP contribution is 2.32. The van der Waals surface area contributed by atoms with E-state index in [9.17, 15) is 5.11 Å². The first kappa shape index (κ1) is 10.7. The minimum absolute atomic E-state index is 0.559. The van der Waals surface area contributed by atoms with Gasteiger partial charge in [0.15, 0.2) is 0 Å². The molecule has 1 saturated heterocycles. The number of ether oxygens (including phenoxy) is 1. The van der Waals surface area contributed by atoms with Crippen molar-refractivity contribution in [2.24, 2.45) is 5.92 Å². The van der Waals surface area contributed by atoms with E-state index in [1.165, 1.54) is 0 Å². The molecule has 3 heteroatoms. The van der Waals surface area contributed by atoms with Crippen molar-refractivity contribution in [2.75, 3.05) is 13.2 Å². The molecule has 1 unspecified atom stereocenters. The molecule has 84 valence electrons. The van der Waals surface area contributed by atoms with Crippen LogP contribution in [0.25, 0.3) is 0 Å². The van der Waals surface area contributed by atoms with Crippen LogP contribution in [0.15, 0.2) is 23.0 Å². The van der Waals surface area contributed by atoms with Crippen molar-refractivity contribution < 1.29 is 14.3 Å². The van der Waals surface area contributed by atoms with Gasteiger partial charge in [0, 0.05) is 18.8 Å². The Labute approximate surface area is 90.0 Å². The summed E-state index contributed by atoms with van der Waals surface area (Å²) in [6, 6.07) is 1.83. The van der Waals surface area contributed by atoms with Crippen molar-refractivity contribution in [3.63, 3.8) is 0 Å². The summed E-state index contributed by atoms with van der Waals surface area (Å²) in [4.78, 5) is 0. The molecule has 3 nitrogen and oxygen atoms in total. The lowest BCUT2D eigenvalue weighted by molar-refractivity contribution is -0.00334. The van der Waals surface area contributed by atoms with Crippen LogP contribution in [-0.2, 0) is 10.3 Å². The van der Waals surface area contributed by atoms with Gasteiger partial charge in [0.25, 0.3) is 0 Å². The predicted molar refractivity (Wildman–Crippen MR) is 56.4 cm³/mol. The lowest BCUT2D eigenvalue weighted by Crippen LogP contribution is -2.27. The highest BCUT2D eigenvalue weighted by molar-refractivity contribution is 5.14. The van der Waals surface area contributed by atoms with Crippen molar-refractivity contribution in [1.82, 2.24) is 0 Å². The fourth-order valence-corrected chi connectivity index (χ4v) is 2.20. The van der Waals surface area contributed by atoms with Crippen LogP contribution < -0.4 is 0 Å². The molecule has 0 saturated carbocycles. The van der Waals surface area contributed by atoms with E-state index in [1.807, 2.05) is 13.0 Å². The van der Waals surface area contributed by atoms with Gasteiger partial charge in [-0.05, 0) is 38.2 Å². The van der Waals surface area contributed by atoms with E-state index in [0.29, 0.717) is 5.92 Å². The molecule has 0 radical (unpaired) electrons. The zero-order valence-corrected chi connectivity index (χ0v) is 9.11. The second-order valence-corrected chi connectivity index (χ2v) is 4.55. The number of hydrogen-bond donors (Lipinski definition) is 1. The first-order valence-corrected chi connectivity index (χ1v) is 5.51. The summed E-state index contributed by atoms with van der Waals surface area (Å²) in [5.41, 5.74) is 0.101. The molecule has 1 aromatic heterocycles. The molecule has 1 fully saturated rings. The molecule has 2 rings (SSSR count). The molecule has 2 heterocycles. The zero-order chi connectivity index (χ0) is 10.7. The van der Waals surface area contributed by atoms with Crippen molar-refractivity contribution in [3.05, 3.63) is 24.2 Å². The molecule has 15 heavy (non-hydrogen) atoms. The molecule has 0 spiro atoms. The lowest BCUT2D eigenvalue weighted by Gasteiger charge is -2.30. The minimum Gasteiger partial charge on any atom is -0.472 e. The average molecular weight is 210 g/mol. The molecule has 1 aromatic rings. The van der Waals surface area contributed by atoms with Crippen LogP contribution in [0.1, 0.15) is 31.7 Å². The summed E-state index contributed by atoms with van der Waals surface area (Å²) in [6.07, 6.45) is 6.12. The van der Waals surface area contributed by atoms with E-state index in [-0.39, 0.29) is 0 Å². The van der Waals surface area contributed by atoms with Gasteiger partial charge in [-0.25, -0.2) is 0 Å². The molecule has 1 aliphatic heterocycles. The average Bonchev–Trinajstić information content (AvgIpc) is 2.71. The van der Waals surface area contributed by atoms with Gasteiger partial charge in [-0.15, -0.1) is 0 Å². The van der Waals surface area contributed by atoms with E-state index in [4.69, 9.17) is 9.15 Å². The quantitative estimate of drug-likeness (QED) is 0.832. The summed E-state index contributed by atoms with van der Waals surface area (Å²) in [5.74, 6) is 0.559. The smallest absolute Gasteiger partial charge is 0.0963 e. The second kappa shape index (κ2) is 4.37. The number of hydrogen-bond acceptors (Lipinski definition) is 3. The maximum Gasteiger partial charge on any atom is 0.0963 e.